The number of methoxy groups -OCH3 is 1. The average molecular weight is 540 g/mol. The molecule has 0 radical (unpaired) electrons. The van der Waals surface area contributed by atoms with E-state index in [1.165, 1.54) is 49.6 Å². The topological polar surface area (TPSA) is 93.9 Å². The number of esters is 1. The first-order chi connectivity index (χ1) is 17.5. The number of benzene rings is 3. The number of fused-ring (bicyclic) bond motifs is 1. The largest absolute Gasteiger partial charge is 0.465 e. The lowest BCUT2D eigenvalue weighted by molar-refractivity contribution is 0.0600. The predicted octanol–water partition coefficient (Wildman–Crippen LogP) is 6.42. The summed E-state index contributed by atoms with van der Waals surface area (Å²) in [6.07, 6.45) is 0.787. The van der Waals surface area contributed by atoms with Crippen molar-refractivity contribution < 1.29 is 27.2 Å². The van der Waals surface area contributed by atoms with Gasteiger partial charge >= 0.3 is 5.97 Å². The quantitative estimate of drug-likeness (QED) is 0.252. The molecule has 0 N–H and O–H groups in total. The van der Waals surface area contributed by atoms with Crippen molar-refractivity contribution in [2.24, 2.45) is 5.92 Å². The van der Waals surface area contributed by atoms with Gasteiger partial charge in [0.2, 0.25) is 0 Å². The summed E-state index contributed by atoms with van der Waals surface area (Å²) >= 11 is 6.28. The van der Waals surface area contributed by atoms with Gasteiger partial charge in [0.1, 0.15) is 16.9 Å². The summed E-state index contributed by atoms with van der Waals surface area (Å²) in [5.41, 5.74) is 1.52. The molecule has 0 bridgehead atoms. The first-order valence-electron chi connectivity index (χ1n) is 11.6. The lowest BCUT2D eigenvalue weighted by atomic mass is 10.0. The number of sulfonamides is 1. The molecular formula is C28H26ClNO6S. The number of ether oxygens (including phenoxy) is 1. The second kappa shape index (κ2) is 10.4. The Hall–Kier alpha value is -3.62. The molecule has 1 heterocycles. The number of hydrogen-bond acceptors (Lipinski definition) is 6. The van der Waals surface area contributed by atoms with Crippen LogP contribution in [-0.2, 0) is 21.2 Å². The Labute approximate surface area is 220 Å². The van der Waals surface area contributed by atoms with Gasteiger partial charge in [-0.15, -0.1) is 0 Å². The molecule has 1 aromatic heterocycles. The minimum absolute atomic E-state index is 0.0147. The molecule has 0 aliphatic rings. The summed E-state index contributed by atoms with van der Waals surface area (Å²) in [7, 11) is -3.14. The summed E-state index contributed by atoms with van der Waals surface area (Å²) in [6, 6.07) is 17.1. The van der Waals surface area contributed by atoms with Crippen molar-refractivity contribution in [2.45, 2.75) is 32.1 Å². The number of nitrogens with zero attached hydrogens (tertiary/aromatic N) is 1. The zero-order chi connectivity index (χ0) is 26.9. The predicted molar refractivity (Wildman–Crippen MR) is 143 cm³/mol. The molecule has 0 fully saturated rings. The van der Waals surface area contributed by atoms with E-state index in [2.05, 4.69) is 13.8 Å². The zero-order valence-corrected chi connectivity index (χ0v) is 22.4. The molecule has 0 unspecified atom stereocenters. The van der Waals surface area contributed by atoms with E-state index in [1.807, 2.05) is 0 Å². The zero-order valence-electron chi connectivity index (χ0n) is 20.8. The Kier molecular flexibility index (Phi) is 7.43. The van der Waals surface area contributed by atoms with E-state index in [0.29, 0.717) is 27.0 Å². The lowest BCUT2D eigenvalue weighted by Gasteiger charge is -2.23. The van der Waals surface area contributed by atoms with Crippen LogP contribution in [0.5, 0.6) is 0 Å². The Morgan fingerprint density at radius 3 is 2.32 bits per heavy atom. The highest BCUT2D eigenvalue weighted by Gasteiger charge is 2.34. The van der Waals surface area contributed by atoms with E-state index < -0.39 is 21.9 Å². The molecule has 0 aliphatic carbocycles. The standard InChI is InChI=1S/C28H26ClNO6S/c1-17(2)15-19-9-12-21(13-10-19)37(33,34)30(27(31)22-7-5-6-8-24(22)29)20-11-14-25-23(16-20)26(18(3)36-25)28(32)35-4/h5-14,16-17H,15H2,1-4H3. The van der Waals surface area contributed by atoms with E-state index >= 15 is 0 Å². The number of carbonyl (C=O) groups excluding carboxylic acids is 2. The Morgan fingerprint density at radius 1 is 1.03 bits per heavy atom. The van der Waals surface area contributed by atoms with E-state index in [-0.39, 0.29) is 26.7 Å². The molecule has 0 saturated carbocycles. The highest BCUT2D eigenvalue weighted by Crippen LogP contribution is 2.34. The maximum Gasteiger partial charge on any atom is 0.342 e. The van der Waals surface area contributed by atoms with Gasteiger partial charge in [0.25, 0.3) is 15.9 Å². The van der Waals surface area contributed by atoms with Crippen LogP contribution >= 0.6 is 11.6 Å². The van der Waals surface area contributed by atoms with Crippen LogP contribution in [0.1, 0.15) is 45.9 Å². The fourth-order valence-corrected chi connectivity index (χ4v) is 5.79. The van der Waals surface area contributed by atoms with Crippen molar-refractivity contribution >= 4 is 50.2 Å². The summed E-state index contributed by atoms with van der Waals surface area (Å²) in [5.74, 6) is -0.765. The number of rotatable bonds is 7. The molecule has 4 rings (SSSR count). The molecule has 192 valence electrons. The smallest absolute Gasteiger partial charge is 0.342 e. The van der Waals surface area contributed by atoms with E-state index in [1.54, 1.807) is 31.2 Å². The highest BCUT2D eigenvalue weighted by atomic mass is 35.5. The number of aryl methyl sites for hydroxylation is 1. The van der Waals surface area contributed by atoms with Crippen LogP contribution in [-0.4, -0.2) is 27.4 Å². The average Bonchev–Trinajstić information content (AvgIpc) is 3.18. The molecule has 0 atom stereocenters. The Balaban J connectivity index is 1.91. The molecule has 3 aromatic carbocycles. The van der Waals surface area contributed by atoms with Crippen molar-refractivity contribution in [1.29, 1.82) is 0 Å². The third kappa shape index (κ3) is 5.12. The molecule has 7 nitrogen and oxygen atoms in total. The Bertz CT molecular complexity index is 1590. The second-order valence-corrected chi connectivity index (χ2v) is 11.2. The van der Waals surface area contributed by atoms with Gasteiger partial charge < -0.3 is 9.15 Å². The van der Waals surface area contributed by atoms with Crippen LogP contribution in [0.25, 0.3) is 11.0 Å². The summed E-state index contributed by atoms with van der Waals surface area (Å²) in [4.78, 5) is 26.1. The van der Waals surface area contributed by atoms with Crippen LogP contribution in [0.4, 0.5) is 5.69 Å². The maximum atomic E-state index is 14.0. The number of amides is 1. The van der Waals surface area contributed by atoms with E-state index in [4.69, 9.17) is 20.8 Å². The van der Waals surface area contributed by atoms with Crippen LogP contribution in [0.2, 0.25) is 5.02 Å². The molecule has 37 heavy (non-hydrogen) atoms. The number of furan rings is 1. The Morgan fingerprint density at radius 2 is 1.70 bits per heavy atom. The van der Waals surface area contributed by atoms with Crippen molar-refractivity contribution in [2.75, 3.05) is 11.4 Å². The van der Waals surface area contributed by atoms with E-state index in [0.717, 1.165) is 12.0 Å². The molecule has 4 aromatic rings. The second-order valence-electron chi connectivity index (χ2n) is 9.00. The van der Waals surface area contributed by atoms with Gasteiger partial charge in [0.15, 0.2) is 0 Å². The minimum atomic E-state index is -4.39. The van der Waals surface area contributed by atoms with Crippen molar-refractivity contribution in [3.05, 3.63) is 94.2 Å². The molecule has 0 saturated heterocycles. The van der Waals surface area contributed by atoms with Crippen LogP contribution < -0.4 is 4.31 Å². The molecule has 9 heteroatoms. The highest BCUT2D eigenvalue weighted by molar-refractivity contribution is 7.93. The number of halogens is 1. The van der Waals surface area contributed by atoms with Gasteiger partial charge in [0, 0.05) is 5.39 Å². The third-order valence-electron chi connectivity index (χ3n) is 5.87. The van der Waals surface area contributed by atoms with Crippen molar-refractivity contribution in [3.8, 4) is 0 Å². The number of anilines is 1. The summed E-state index contributed by atoms with van der Waals surface area (Å²) in [6.45, 7) is 5.75. The fraction of sp³-hybridized carbons (Fsp3) is 0.214. The van der Waals surface area contributed by atoms with Crippen LogP contribution in [0.3, 0.4) is 0 Å². The normalized spacial score (nSPS) is 11.6. The molecule has 0 aliphatic heterocycles. The monoisotopic (exact) mass is 539 g/mol. The van der Waals surface area contributed by atoms with Crippen molar-refractivity contribution in [1.82, 2.24) is 0 Å². The van der Waals surface area contributed by atoms with Gasteiger partial charge in [0.05, 0.1) is 28.3 Å². The van der Waals surface area contributed by atoms with Crippen molar-refractivity contribution in [3.63, 3.8) is 0 Å². The number of hydrogen-bond donors (Lipinski definition) is 0. The number of carbonyl (C=O) groups is 2. The van der Waals surface area contributed by atoms with Crippen LogP contribution in [0, 0.1) is 12.8 Å². The molecular weight excluding hydrogens is 514 g/mol. The molecule has 0 spiro atoms. The maximum absolute atomic E-state index is 14.0. The van der Waals surface area contributed by atoms with Gasteiger partial charge in [-0.2, -0.15) is 4.31 Å². The summed E-state index contributed by atoms with van der Waals surface area (Å²) < 4.78 is 39.2. The first kappa shape index (κ1) is 26.4. The van der Waals surface area contributed by atoms with Crippen LogP contribution in [0.15, 0.2) is 76.0 Å². The van der Waals surface area contributed by atoms with Gasteiger partial charge in [-0.3, -0.25) is 4.79 Å². The summed E-state index contributed by atoms with van der Waals surface area (Å²) in [5, 5.41) is 0.428. The van der Waals surface area contributed by atoms with Gasteiger partial charge in [-0.05, 0) is 67.3 Å². The fourth-order valence-electron chi connectivity index (χ4n) is 4.17. The van der Waals surface area contributed by atoms with E-state index in [9.17, 15) is 18.0 Å². The lowest BCUT2D eigenvalue weighted by Crippen LogP contribution is -2.37. The first-order valence-corrected chi connectivity index (χ1v) is 13.4. The van der Waals surface area contributed by atoms with Gasteiger partial charge in [-0.1, -0.05) is 49.7 Å². The van der Waals surface area contributed by atoms with Gasteiger partial charge in [-0.25, -0.2) is 13.2 Å². The molecule has 1 amide bonds. The minimum Gasteiger partial charge on any atom is -0.465 e. The SMILES string of the molecule is COC(=O)c1c(C)oc2ccc(N(C(=O)c3ccccc3Cl)S(=O)(=O)c3ccc(CC(C)C)cc3)cc12. The third-order valence-corrected chi connectivity index (χ3v) is 7.92.